The van der Waals surface area contributed by atoms with Gasteiger partial charge in [-0.2, -0.15) is 0 Å². The van der Waals surface area contributed by atoms with Crippen LogP contribution in [-0.2, 0) is 11.3 Å². The van der Waals surface area contributed by atoms with Crippen LogP contribution in [0.1, 0.15) is 5.56 Å². The van der Waals surface area contributed by atoms with Gasteiger partial charge < -0.3 is 9.84 Å². The third-order valence-electron chi connectivity index (χ3n) is 2.29. The molecule has 0 spiro atoms. The Kier molecular flexibility index (Phi) is 2.37. The number of hydrogen-bond acceptors (Lipinski definition) is 2. The predicted molar refractivity (Wildman–Crippen MR) is 56.3 cm³/mol. The summed E-state index contributed by atoms with van der Waals surface area (Å²) in [6.45, 7) is 0.570. The van der Waals surface area contributed by atoms with Gasteiger partial charge >= 0.3 is 0 Å². The van der Waals surface area contributed by atoms with E-state index in [1.807, 2.05) is 30.3 Å². The molecule has 0 aliphatic rings. The number of rotatable bonds is 2. The van der Waals surface area contributed by atoms with E-state index in [1.165, 1.54) is 0 Å². The first-order valence-corrected chi connectivity index (χ1v) is 4.51. The van der Waals surface area contributed by atoms with E-state index in [0.29, 0.717) is 12.4 Å². The SMILES string of the molecule is COCc1ccc(O)c2ccccc12. The Morgan fingerprint density at radius 1 is 1.07 bits per heavy atom. The van der Waals surface area contributed by atoms with Crippen molar-refractivity contribution in [1.82, 2.24) is 0 Å². The van der Waals surface area contributed by atoms with E-state index in [0.717, 1.165) is 16.3 Å². The maximum absolute atomic E-state index is 9.62. The van der Waals surface area contributed by atoms with Gasteiger partial charge in [-0.05, 0) is 17.0 Å². The maximum atomic E-state index is 9.62. The predicted octanol–water partition coefficient (Wildman–Crippen LogP) is 2.69. The van der Waals surface area contributed by atoms with E-state index >= 15 is 0 Å². The summed E-state index contributed by atoms with van der Waals surface area (Å²) in [5, 5.41) is 11.6. The standard InChI is InChI=1S/C12H12O2/c1-14-8-9-6-7-12(13)11-5-3-2-4-10(9)11/h2-7,13H,8H2,1H3. The summed E-state index contributed by atoms with van der Waals surface area (Å²) in [4.78, 5) is 0. The first-order chi connectivity index (χ1) is 6.83. The van der Waals surface area contributed by atoms with Gasteiger partial charge in [0, 0.05) is 12.5 Å². The number of aromatic hydroxyl groups is 1. The second-order valence-corrected chi connectivity index (χ2v) is 3.22. The molecule has 0 aliphatic heterocycles. The second-order valence-electron chi connectivity index (χ2n) is 3.22. The summed E-state index contributed by atoms with van der Waals surface area (Å²) in [5.41, 5.74) is 1.10. The summed E-state index contributed by atoms with van der Waals surface area (Å²) in [6.07, 6.45) is 0. The molecule has 0 atom stereocenters. The van der Waals surface area contributed by atoms with E-state index in [2.05, 4.69) is 0 Å². The molecule has 2 heteroatoms. The Bertz CT molecular complexity index is 449. The largest absolute Gasteiger partial charge is 0.507 e. The Morgan fingerprint density at radius 2 is 1.79 bits per heavy atom. The fourth-order valence-electron chi connectivity index (χ4n) is 1.63. The fourth-order valence-corrected chi connectivity index (χ4v) is 1.63. The second kappa shape index (κ2) is 3.68. The third kappa shape index (κ3) is 1.44. The lowest BCUT2D eigenvalue weighted by Gasteiger charge is -2.06. The molecule has 0 aromatic heterocycles. The zero-order valence-electron chi connectivity index (χ0n) is 8.03. The number of benzene rings is 2. The van der Waals surface area contributed by atoms with Crippen LogP contribution in [0.5, 0.6) is 5.75 Å². The molecule has 0 unspecified atom stereocenters. The highest BCUT2D eigenvalue weighted by Crippen LogP contribution is 2.27. The van der Waals surface area contributed by atoms with E-state index in [-0.39, 0.29) is 0 Å². The smallest absolute Gasteiger partial charge is 0.123 e. The van der Waals surface area contributed by atoms with Crippen LogP contribution in [0.15, 0.2) is 36.4 Å². The van der Waals surface area contributed by atoms with E-state index in [4.69, 9.17) is 4.74 Å². The van der Waals surface area contributed by atoms with Gasteiger partial charge in [0.25, 0.3) is 0 Å². The highest BCUT2D eigenvalue weighted by atomic mass is 16.5. The molecule has 2 aromatic rings. The van der Waals surface area contributed by atoms with Gasteiger partial charge in [-0.15, -0.1) is 0 Å². The summed E-state index contributed by atoms with van der Waals surface area (Å²) in [7, 11) is 1.67. The number of phenols is 1. The van der Waals surface area contributed by atoms with Crippen LogP contribution in [0.4, 0.5) is 0 Å². The van der Waals surface area contributed by atoms with E-state index in [1.54, 1.807) is 13.2 Å². The van der Waals surface area contributed by atoms with Gasteiger partial charge in [-0.25, -0.2) is 0 Å². The molecule has 72 valence electrons. The minimum Gasteiger partial charge on any atom is -0.507 e. The lowest BCUT2D eigenvalue weighted by atomic mass is 10.0. The topological polar surface area (TPSA) is 29.5 Å². The van der Waals surface area contributed by atoms with Crippen molar-refractivity contribution in [2.24, 2.45) is 0 Å². The first-order valence-electron chi connectivity index (χ1n) is 4.51. The number of phenolic OH excluding ortho intramolecular Hbond substituents is 1. The summed E-state index contributed by atoms with van der Waals surface area (Å²) < 4.78 is 5.09. The molecule has 0 saturated carbocycles. The van der Waals surface area contributed by atoms with Gasteiger partial charge in [0.1, 0.15) is 5.75 Å². The van der Waals surface area contributed by atoms with Crippen LogP contribution in [0.25, 0.3) is 10.8 Å². The minimum absolute atomic E-state index is 0.320. The number of fused-ring (bicyclic) bond motifs is 1. The average molecular weight is 188 g/mol. The highest BCUT2D eigenvalue weighted by molar-refractivity contribution is 5.90. The Balaban J connectivity index is 2.68. The lowest BCUT2D eigenvalue weighted by Crippen LogP contribution is -1.89. The van der Waals surface area contributed by atoms with Crippen LogP contribution < -0.4 is 0 Å². The molecule has 1 N–H and O–H groups in total. The van der Waals surface area contributed by atoms with Gasteiger partial charge in [-0.3, -0.25) is 0 Å². The zero-order valence-corrected chi connectivity index (χ0v) is 8.03. The molecular formula is C12H12O2. The first kappa shape index (κ1) is 9.03. The molecule has 0 aliphatic carbocycles. The minimum atomic E-state index is 0.320. The quantitative estimate of drug-likeness (QED) is 0.785. The molecule has 0 fully saturated rings. The molecule has 0 amide bonds. The van der Waals surface area contributed by atoms with Gasteiger partial charge in [-0.1, -0.05) is 30.3 Å². The molecule has 2 aromatic carbocycles. The van der Waals surface area contributed by atoms with Crippen molar-refractivity contribution < 1.29 is 9.84 Å². The number of hydrogen-bond donors (Lipinski definition) is 1. The lowest BCUT2D eigenvalue weighted by molar-refractivity contribution is 0.186. The third-order valence-corrected chi connectivity index (χ3v) is 2.29. The van der Waals surface area contributed by atoms with Crippen LogP contribution in [0.3, 0.4) is 0 Å². The highest BCUT2D eigenvalue weighted by Gasteiger charge is 2.03. The van der Waals surface area contributed by atoms with Crippen LogP contribution >= 0.6 is 0 Å². The summed E-state index contributed by atoms with van der Waals surface area (Å²) >= 11 is 0. The molecule has 2 nitrogen and oxygen atoms in total. The van der Waals surface area contributed by atoms with Gasteiger partial charge in [0.15, 0.2) is 0 Å². The van der Waals surface area contributed by atoms with Crippen LogP contribution in [0.2, 0.25) is 0 Å². The van der Waals surface area contributed by atoms with Crippen molar-refractivity contribution in [3.05, 3.63) is 42.0 Å². The number of methoxy groups -OCH3 is 1. The maximum Gasteiger partial charge on any atom is 0.123 e. The molecule has 2 rings (SSSR count). The van der Waals surface area contributed by atoms with Crippen molar-refractivity contribution in [2.75, 3.05) is 7.11 Å². The molecular weight excluding hydrogens is 176 g/mol. The normalized spacial score (nSPS) is 10.6. The van der Waals surface area contributed by atoms with Crippen molar-refractivity contribution >= 4 is 10.8 Å². The van der Waals surface area contributed by atoms with Crippen LogP contribution in [-0.4, -0.2) is 12.2 Å². The Hall–Kier alpha value is -1.54. The zero-order chi connectivity index (χ0) is 9.97. The van der Waals surface area contributed by atoms with Gasteiger partial charge in [0.05, 0.1) is 6.61 Å². The fraction of sp³-hybridized carbons (Fsp3) is 0.167. The monoisotopic (exact) mass is 188 g/mol. The molecule has 0 radical (unpaired) electrons. The Labute approximate surface area is 82.8 Å². The number of ether oxygens (including phenoxy) is 1. The molecule has 14 heavy (non-hydrogen) atoms. The molecule has 0 saturated heterocycles. The average Bonchev–Trinajstić information content (AvgIpc) is 2.23. The van der Waals surface area contributed by atoms with Crippen LogP contribution in [0, 0.1) is 0 Å². The van der Waals surface area contributed by atoms with Gasteiger partial charge in [0.2, 0.25) is 0 Å². The molecule has 0 bridgehead atoms. The van der Waals surface area contributed by atoms with Crippen molar-refractivity contribution in [1.29, 1.82) is 0 Å². The van der Waals surface area contributed by atoms with Crippen molar-refractivity contribution in [3.63, 3.8) is 0 Å². The van der Waals surface area contributed by atoms with E-state index in [9.17, 15) is 5.11 Å². The molecule has 0 heterocycles. The van der Waals surface area contributed by atoms with E-state index < -0.39 is 0 Å². The van der Waals surface area contributed by atoms with Crippen molar-refractivity contribution in [3.8, 4) is 5.75 Å². The summed E-state index contributed by atoms with van der Waals surface area (Å²) in [5.74, 6) is 0.320. The summed E-state index contributed by atoms with van der Waals surface area (Å²) in [6, 6.07) is 11.4. The Morgan fingerprint density at radius 3 is 2.50 bits per heavy atom. The van der Waals surface area contributed by atoms with Crippen molar-refractivity contribution in [2.45, 2.75) is 6.61 Å².